The van der Waals surface area contributed by atoms with Crippen LogP contribution in [0.3, 0.4) is 0 Å². The van der Waals surface area contributed by atoms with Crippen LogP contribution in [0.4, 0.5) is 5.13 Å². The molecule has 2 nitrogen and oxygen atoms in total. The standard InChI is InChI=1S/C13H16N2S2/c1-8(2)7-14-13-15-12-9-5-6-16-10(9)3-4-11(12)17-13/h5-6,8H,3-4,7H2,1-2H3,(H,14,15). The van der Waals surface area contributed by atoms with E-state index in [0.29, 0.717) is 5.92 Å². The lowest BCUT2D eigenvalue weighted by atomic mass is 10.0. The first kappa shape index (κ1) is 11.2. The van der Waals surface area contributed by atoms with E-state index in [4.69, 9.17) is 4.98 Å². The molecule has 1 aliphatic carbocycles. The molecule has 2 heterocycles. The molecular weight excluding hydrogens is 248 g/mol. The first-order valence-electron chi connectivity index (χ1n) is 6.04. The molecule has 0 radical (unpaired) electrons. The summed E-state index contributed by atoms with van der Waals surface area (Å²) in [6.45, 7) is 5.44. The van der Waals surface area contributed by atoms with Gasteiger partial charge in [-0.15, -0.1) is 22.7 Å². The van der Waals surface area contributed by atoms with Crippen LogP contribution in [0.2, 0.25) is 0 Å². The van der Waals surface area contributed by atoms with Crippen molar-refractivity contribution in [2.75, 3.05) is 11.9 Å². The Morgan fingerprint density at radius 1 is 1.35 bits per heavy atom. The lowest BCUT2D eigenvalue weighted by Crippen LogP contribution is -2.07. The Morgan fingerprint density at radius 2 is 2.18 bits per heavy atom. The number of hydrogen-bond donors (Lipinski definition) is 1. The molecule has 0 unspecified atom stereocenters. The van der Waals surface area contributed by atoms with Crippen LogP contribution in [0.1, 0.15) is 23.6 Å². The maximum absolute atomic E-state index is 4.75. The van der Waals surface area contributed by atoms with E-state index < -0.39 is 0 Å². The van der Waals surface area contributed by atoms with E-state index in [1.165, 1.54) is 27.4 Å². The number of aryl methyl sites for hydroxylation is 2. The Morgan fingerprint density at radius 3 is 3.00 bits per heavy atom. The molecule has 0 saturated heterocycles. The van der Waals surface area contributed by atoms with Crippen molar-refractivity contribution in [3.63, 3.8) is 0 Å². The Hall–Kier alpha value is -0.870. The van der Waals surface area contributed by atoms with E-state index in [-0.39, 0.29) is 0 Å². The van der Waals surface area contributed by atoms with E-state index >= 15 is 0 Å². The monoisotopic (exact) mass is 264 g/mol. The topological polar surface area (TPSA) is 24.9 Å². The van der Waals surface area contributed by atoms with Crippen LogP contribution in [-0.2, 0) is 12.8 Å². The molecule has 0 bridgehead atoms. The zero-order chi connectivity index (χ0) is 11.8. The van der Waals surface area contributed by atoms with Gasteiger partial charge in [-0.2, -0.15) is 0 Å². The van der Waals surface area contributed by atoms with Crippen LogP contribution in [0.5, 0.6) is 0 Å². The maximum atomic E-state index is 4.75. The second-order valence-corrected chi connectivity index (χ2v) is 6.91. The van der Waals surface area contributed by atoms with Crippen molar-refractivity contribution >= 4 is 27.8 Å². The average molecular weight is 264 g/mol. The van der Waals surface area contributed by atoms with Crippen molar-refractivity contribution in [2.24, 2.45) is 5.92 Å². The Bertz CT molecular complexity index is 525. The lowest BCUT2D eigenvalue weighted by Gasteiger charge is -2.08. The quantitative estimate of drug-likeness (QED) is 0.905. The molecule has 3 rings (SSSR count). The predicted molar refractivity (Wildman–Crippen MR) is 76.2 cm³/mol. The largest absolute Gasteiger partial charge is 0.361 e. The highest BCUT2D eigenvalue weighted by atomic mass is 32.1. The fourth-order valence-electron chi connectivity index (χ4n) is 2.07. The number of thiazole rings is 1. The molecule has 1 aliphatic rings. The highest BCUT2D eigenvalue weighted by molar-refractivity contribution is 7.16. The van der Waals surface area contributed by atoms with Crippen molar-refractivity contribution < 1.29 is 0 Å². The van der Waals surface area contributed by atoms with Gasteiger partial charge in [-0.3, -0.25) is 0 Å². The molecule has 0 spiro atoms. The summed E-state index contributed by atoms with van der Waals surface area (Å²) in [5.41, 5.74) is 2.59. The summed E-state index contributed by atoms with van der Waals surface area (Å²) in [6.07, 6.45) is 2.34. The van der Waals surface area contributed by atoms with Gasteiger partial charge in [0.15, 0.2) is 5.13 Å². The molecule has 0 fully saturated rings. The number of rotatable bonds is 3. The molecule has 0 aliphatic heterocycles. The second-order valence-electron chi connectivity index (χ2n) is 4.82. The first-order chi connectivity index (χ1) is 8.24. The van der Waals surface area contributed by atoms with Gasteiger partial charge in [0, 0.05) is 21.9 Å². The molecular formula is C13H16N2S2. The van der Waals surface area contributed by atoms with Crippen molar-refractivity contribution in [2.45, 2.75) is 26.7 Å². The fraction of sp³-hybridized carbons (Fsp3) is 0.462. The molecule has 0 amide bonds. The third kappa shape index (κ3) is 2.11. The highest BCUT2D eigenvalue weighted by Gasteiger charge is 2.21. The van der Waals surface area contributed by atoms with Crippen LogP contribution < -0.4 is 5.32 Å². The maximum Gasteiger partial charge on any atom is 0.183 e. The third-order valence-corrected chi connectivity index (χ3v) is 4.99. The minimum Gasteiger partial charge on any atom is -0.361 e. The normalized spacial score (nSPS) is 13.6. The second kappa shape index (κ2) is 4.42. The molecule has 2 aromatic heterocycles. The summed E-state index contributed by atoms with van der Waals surface area (Å²) < 4.78 is 0. The molecule has 0 aromatic carbocycles. The SMILES string of the molecule is CC(C)CNc1nc2c(s1)CCc1sccc1-2. The summed E-state index contributed by atoms with van der Waals surface area (Å²) in [4.78, 5) is 7.70. The summed E-state index contributed by atoms with van der Waals surface area (Å²) >= 11 is 3.69. The van der Waals surface area contributed by atoms with Crippen molar-refractivity contribution in [1.82, 2.24) is 4.98 Å². The van der Waals surface area contributed by atoms with Crippen molar-refractivity contribution in [3.05, 3.63) is 21.2 Å². The number of nitrogens with one attached hydrogen (secondary N) is 1. The third-order valence-electron chi connectivity index (χ3n) is 2.94. The van der Waals surface area contributed by atoms with Gasteiger partial charge in [0.1, 0.15) is 0 Å². The van der Waals surface area contributed by atoms with E-state index in [9.17, 15) is 0 Å². The van der Waals surface area contributed by atoms with E-state index in [2.05, 4.69) is 30.6 Å². The van der Waals surface area contributed by atoms with Gasteiger partial charge in [0.05, 0.1) is 5.69 Å². The van der Waals surface area contributed by atoms with E-state index in [0.717, 1.165) is 18.1 Å². The van der Waals surface area contributed by atoms with E-state index in [1.807, 2.05) is 22.7 Å². The lowest BCUT2D eigenvalue weighted by molar-refractivity contribution is 0.688. The number of fused-ring (bicyclic) bond motifs is 3. The summed E-state index contributed by atoms with van der Waals surface area (Å²) in [5, 5.41) is 6.70. The van der Waals surface area contributed by atoms with Crippen molar-refractivity contribution in [3.8, 4) is 11.3 Å². The van der Waals surface area contributed by atoms with Crippen LogP contribution in [0.25, 0.3) is 11.3 Å². The van der Waals surface area contributed by atoms with Crippen molar-refractivity contribution in [1.29, 1.82) is 0 Å². The Labute approximate surface area is 110 Å². The van der Waals surface area contributed by atoms with Crippen LogP contribution in [0.15, 0.2) is 11.4 Å². The highest BCUT2D eigenvalue weighted by Crippen LogP contribution is 2.40. The number of nitrogens with zero attached hydrogens (tertiary/aromatic N) is 1. The molecule has 17 heavy (non-hydrogen) atoms. The Balaban J connectivity index is 1.89. The van der Waals surface area contributed by atoms with E-state index in [1.54, 1.807) is 0 Å². The summed E-state index contributed by atoms with van der Waals surface area (Å²) in [5.74, 6) is 0.660. The van der Waals surface area contributed by atoms with Gasteiger partial charge in [0.25, 0.3) is 0 Å². The van der Waals surface area contributed by atoms with Crippen LogP contribution in [-0.4, -0.2) is 11.5 Å². The number of hydrogen-bond acceptors (Lipinski definition) is 4. The molecule has 4 heteroatoms. The molecule has 2 aromatic rings. The molecule has 0 saturated carbocycles. The van der Waals surface area contributed by atoms with Gasteiger partial charge in [-0.25, -0.2) is 4.98 Å². The molecule has 90 valence electrons. The Kier molecular flexibility index (Phi) is 2.92. The summed E-state index contributed by atoms with van der Waals surface area (Å²) in [6, 6.07) is 2.21. The van der Waals surface area contributed by atoms with Gasteiger partial charge in [-0.05, 0) is 30.2 Å². The minimum absolute atomic E-state index is 0.660. The number of aromatic nitrogens is 1. The minimum atomic E-state index is 0.660. The first-order valence-corrected chi connectivity index (χ1v) is 7.74. The zero-order valence-electron chi connectivity index (χ0n) is 10.1. The molecule has 1 N–H and O–H groups in total. The van der Waals surface area contributed by atoms with Gasteiger partial charge in [0.2, 0.25) is 0 Å². The predicted octanol–water partition coefficient (Wildman–Crippen LogP) is 4.04. The van der Waals surface area contributed by atoms with Crippen LogP contribution in [0, 0.1) is 5.92 Å². The summed E-state index contributed by atoms with van der Waals surface area (Å²) in [7, 11) is 0. The van der Waals surface area contributed by atoms with Gasteiger partial charge >= 0.3 is 0 Å². The molecule has 0 atom stereocenters. The zero-order valence-corrected chi connectivity index (χ0v) is 11.8. The van der Waals surface area contributed by atoms with Gasteiger partial charge in [-0.1, -0.05) is 13.8 Å². The number of thiophene rings is 1. The van der Waals surface area contributed by atoms with Crippen LogP contribution >= 0.6 is 22.7 Å². The number of anilines is 1. The smallest absolute Gasteiger partial charge is 0.183 e. The average Bonchev–Trinajstić information content (AvgIpc) is 2.91. The fourth-order valence-corrected chi connectivity index (χ4v) is 3.93. The van der Waals surface area contributed by atoms with Gasteiger partial charge < -0.3 is 5.32 Å².